The molecule has 0 N–H and O–H groups in total. The van der Waals surface area contributed by atoms with Crippen molar-refractivity contribution in [2.24, 2.45) is 51.8 Å². The van der Waals surface area contributed by atoms with Gasteiger partial charge in [-0.05, 0) is 68.1 Å². The number of morpholine rings is 1. The van der Waals surface area contributed by atoms with Gasteiger partial charge in [0.2, 0.25) is 0 Å². The van der Waals surface area contributed by atoms with E-state index in [0.717, 1.165) is 64.8 Å². The van der Waals surface area contributed by atoms with Gasteiger partial charge in [0.25, 0.3) is 0 Å². The molecule has 2 aliphatic heterocycles. The third-order valence-electron chi connectivity index (χ3n) is 11.7. The molecule has 8 atom stereocenters. The Bertz CT molecular complexity index is 1140. The lowest BCUT2D eigenvalue weighted by molar-refractivity contribution is -0.197. The summed E-state index contributed by atoms with van der Waals surface area (Å²) in [4.78, 5) is 41.9. The Labute approximate surface area is 232 Å². The van der Waals surface area contributed by atoms with Crippen molar-refractivity contribution in [2.45, 2.75) is 66.2 Å². The highest BCUT2D eigenvalue weighted by atomic mass is 16.6. The average Bonchev–Trinajstić information content (AvgIpc) is 3.24. The number of allylic oxidation sites excluding steroid dienone is 2. The van der Waals surface area contributed by atoms with Gasteiger partial charge in [0.15, 0.2) is 6.61 Å². The van der Waals surface area contributed by atoms with Crippen molar-refractivity contribution in [2.75, 3.05) is 39.5 Å². The van der Waals surface area contributed by atoms with Crippen LogP contribution in [0.3, 0.4) is 0 Å². The Morgan fingerprint density at radius 2 is 1.87 bits per heavy atom. The summed E-state index contributed by atoms with van der Waals surface area (Å²) in [7, 11) is 0. The maximum atomic E-state index is 13.7. The Hall–Kier alpha value is -2.17. The number of esters is 3. The molecule has 8 unspecified atom stereocenters. The standard InChI is InChI=1S/C32H43NO6/c1-20(2)22-19-32-11-8-23-30(3,24(32)18-21(22)25-26(32)28(35)39-27(25)34)9-7-10-31(23,4)29(36)38-15-6-5-12-33-13-16-37-17-14-33/h19-21,23-26H,7-18H2,1-4H3. The predicted octanol–water partition coefficient (Wildman–Crippen LogP) is 4.01. The summed E-state index contributed by atoms with van der Waals surface area (Å²) in [6, 6.07) is 0. The number of carbonyl (C=O) groups is 3. The second-order valence-electron chi connectivity index (χ2n) is 13.7. The van der Waals surface area contributed by atoms with Gasteiger partial charge in [0.1, 0.15) is 0 Å². The maximum absolute atomic E-state index is 13.7. The average molecular weight is 538 g/mol. The predicted molar refractivity (Wildman–Crippen MR) is 144 cm³/mol. The molecule has 212 valence electrons. The SMILES string of the molecule is CC(C)C1=CC23CCC4C(C)(C(=O)OCC#CCN5CCOCC5)CCCC4(C)C2CC1C1C(=O)OC(=O)C13. The molecule has 5 fully saturated rings. The van der Waals surface area contributed by atoms with Gasteiger partial charge in [-0.25, -0.2) is 0 Å². The van der Waals surface area contributed by atoms with Crippen molar-refractivity contribution in [1.29, 1.82) is 0 Å². The molecule has 7 rings (SSSR count). The van der Waals surface area contributed by atoms with Gasteiger partial charge in [0, 0.05) is 18.5 Å². The van der Waals surface area contributed by atoms with E-state index in [-0.39, 0.29) is 64.9 Å². The Morgan fingerprint density at radius 3 is 2.62 bits per heavy atom. The number of hydrogen-bond acceptors (Lipinski definition) is 7. The van der Waals surface area contributed by atoms with Crippen LogP contribution >= 0.6 is 0 Å². The maximum Gasteiger partial charge on any atom is 0.318 e. The van der Waals surface area contributed by atoms with Crippen molar-refractivity contribution >= 4 is 17.9 Å². The number of carbonyl (C=O) groups excluding carboxylic acids is 3. The largest absolute Gasteiger partial charge is 0.452 e. The molecule has 0 amide bonds. The summed E-state index contributed by atoms with van der Waals surface area (Å²) in [6.45, 7) is 12.9. The van der Waals surface area contributed by atoms with Gasteiger partial charge in [-0.2, -0.15) is 0 Å². The highest BCUT2D eigenvalue weighted by Crippen LogP contribution is 2.74. The van der Waals surface area contributed by atoms with Crippen molar-refractivity contribution in [3.8, 4) is 11.8 Å². The van der Waals surface area contributed by atoms with E-state index >= 15 is 0 Å². The summed E-state index contributed by atoms with van der Waals surface area (Å²) in [6.07, 6.45) is 7.77. The van der Waals surface area contributed by atoms with Gasteiger partial charge in [0.05, 0.1) is 37.0 Å². The van der Waals surface area contributed by atoms with E-state index in [4.69, 9.17) is 14.2 Å². The van der Waals surface area contributed by atoms with E-state index in [1.165, 1.54) is 5.57 Å². The van der Waals surface area contributed by atoms with E-state index in [2.05, 4.69) is 50.5 Å². The van der Waals surface area contributed by atoms with Crippen molar-refractivity contribution in [3.05, 3.63) is 11.6 Å². The zero-order valence-electron chi connectivity index (χ0n) is 23.9. The van der Waals surface area contributed by atoms with E-state index in [0.29, 0.717) is 12.5 Å². The first-order chi connectivity index (χ1) is 18.6. The van der Waals surface area contributed by atoms with Gasteiger partial charge < -0.3 is 14.2 Å². The van der Waals surface area contributed by atoms with Crippen molar-refractivity contribution in [3.63, 3.8) is 0 Å². The topological polar surface area (TPSA) is 82.1 Å². The molecular weight excluding hydrogens is 494 g/mol. The van der Waals surface area contributed by atoms with E-state index < -0.39 is 5.41 Å². The van der Waals surface area contributed by atoms with Crippen LogP contribution in [-0.4, -0.2) is 62.3 Å². The molecule has 39 heavy (non-hydrogen) atoms. The van der Waals surface area contributed by atoms with Gasteiger partial charge in [-0.1, -0.05) is 50.7 Å². The van der Waals surface area contributed by atoms with Gasteiger partial charge in [-0.3, -0.25) is 19.3 Å². The number of ether oxygens (including phenoxy) is 3. The summed E-state index contributed by atoms with van der Waals surface area (Å²) >= 11 is 0. The zero-order valence-corrected chi connectivity index (χ0v) is 23.9. The zero-order chi connectivity index (χ0) is 27.6. The monoisotopic (exact) mass is 537 g/mol. The Balaban J connectivity index is 1.23. The summed E-state index contributed by atoms with van der Waals surface area (Å²) < 4.78 is 16.5. The molecule has 0 radical (unpaired) electrons. The smallest absolute Gasteiger partial charge is 0.318 e. The minimum absolute atomic E-state index is 0.0540. The fourth-order valence-electron chi connectivity index (χ4n) is 9.99. The molecule has 7 heteroatoms. The van der Waals surface area contributed by atoms with Crippen LogP contribution in [0.15, 0.2) is 11.6 Å². The molecule has 5 aliphatic carbocycles. The third kappa shape index (κ3) is 4.03. The number of rotatable bonds is 4. The number of hydrogen-bond donors (Lipinski definition) is 0. The van der Waals surface area contributed by atoms with Crippen LogP contribution in [-0.2, 0) is 28.6 Å². The molecular formula is C32H43NO6. The molecule has 0 aromatic rings. The Kier molecular flexibility index (Phi) is 6.74. The number of cyclic esters (lactones) is 2. The highest BCUT2D eigenvalue weighted by Gasteiger charge is 2.73. The van der Waals surface area contributed by atoms with Crippen LogP contribution in [0.2, 0.25) is 0 Å². The normalized spacial score (nSPS) is 43.0. The molecule has 2 heterocycles. The summed E-state index contributed by atoms with van der Waals surface area (Å²) in [5.41, 5.74) is 0.281. The first-order valence-corrected chi connectivity index (χ1v) is 15.0. The fourth-order valence-corrected chi connectivity index (χ4v) is 9.99. The van der Waals surface area contributed by atoms with Crippen LogP contribution in [0.1, 0.15) is 66.2 Å². The number of fused-ring (bicyclic) bond motifs is 1. The molecule has 7 nitrogen and oxygen atoms in total. The van der Waals surface area contributed by atoms with Crippen LogP contribution in [0.25, 0.3) is 0 Å². The molecule has 0 aromatic heterocycles. The van der Waals surface area contributed by atoms with Crippen molar-refractivity contribution in [1.82, 2.24) is 4.90 Å². The lowest BCUT2D eigenvalue weighted by Crippen LogP contribution is -2.65. The van der Waals surface area contributed by atoms with Gasteiger partial charge in [-0.15, -0.1) is 0 Å². The second kappa shape index (κ2) is 9.73. The van der Waals surface area contributed by atoms with Crippen molar-refractivity contribution < 1.29 is 28.6 Å². The number of nitrogens with zero attached hydrogens (tertiary/aromatic N) is 1. The lowest BCUT2D eigenvalue weighted by Gasteiger charge is -2.68. The molecule has 2 saturated heterocycles. The lowest BCUT2D eigenvalue weighted by atomic mass is 9.34. The summed E-state index contributed by atoms with van der Waals surface area (Å²) in [5, 5.41) is 0. The first kappa shape index (κ1) is 27.0. The van der Waals surface area contributed by atoms with E-state index in [9.17, 15) is 14.4 Å². The van der Waals surface area contributed by atoms with Crippen LogP contribution < -0.4 is 0 Å². The van der Waals surface area contributed by atoms with Gasteiger partial charge >= 0.3 is 17.9 Å². The van der Waals surface area contributed by atoms with Crippen LogP contribution in [0.5, 0.6) is 0 Å². The Morgan fingerprint density at radius 1 is 1.10 bits per heavy atom. The second-order valence-corrected chi connectivity index (χ2v) is 13.7. The molecule has 1 spiro atoms. The molecule has 7 aliphatic rings. The van der Waals surface area contributed by atoms with Crippen LogP contribution in [0, 0.1) is 63.6 Å². The highest BCUT2D eigenvalue weighted by molar-refractivity contribution is 5.98. The van der Waals surface area contributed by atoms with E-state index in [1.807, 2.05) is 0 Å². The minimum Gasteiger partial charge on any atom is -0.452 e. The molecule has 2 bridgehead atoms. The van der Waals surface area contributed by atoms with E-state index in [1.54, 1.807) is 0 Å². The molecule has 3 saturated carbocycles. The third-order valence-corrected chi connectivity index (χ3v) is 11.7. The molecule has 0 aromatic carbocycles. The quantitative estimate of drug-likeness (QED) is 0.232. The fraction of sp³-hybridized carbons (Fsp3) is 0.781. The first-order valence-electron chi connectivity index (χ1n) is 15.0. The summed E-state index contributed by atoms with van der Waals surface area (Å²) in [5.74, 6) is 5.51. The van der Waals surface area contributed by atoms with Crippen LogP contribution in [0.4, 0.5) is 0 Å². The minimum atomic E-state index is -0.576.